The van der Waals surface area contributed by atoms with Crippen molar-refractivity contribution in [3.8, 4) is 0 Å². The zero-order valence-corrected chi connectivity index (χ0v) is 13.6. The summed E-state index contributed by atoms with van der Waals surface area (Å²) in [5, 5.41) is 3.34. The third-order valence-electron chi connectivity index (χ3n) is 3.58. The zero-order chi connectivity index (χ0) is 15.7. The van der Waals surface area contributed by atoms with E-state index >= 15 is 0 Å². The number of hydrogen-bond donors (Lipinski definition) is 1. The number of thiazole rings is 1. The second-order valence-corrected chi connectivity index (χ2v) is 6.24. The van der Waals surface area contributed by atoms with Gasteiger partial charge in [0.05, 0.1) is 17.0 Å². The van der Waals surface area contributed by atoms with Gasteiger partial charge in [-0.25, -0.2) is 4.98 Å². The van der Waals surface area contributed by atoms with Crippen molar-refractivity contribution in [2.24, 2.45) is 10.9 Å². The second kappa shape index (κ2) is 5.85. The van der Waals surface area contributed by atoms with Crippen molar-refractivity contribution in [3.05, 3.63) is 52.1 Å². The number of nitrogens with zero attached hydrogens (tertiary/aromatic N) is 2. The van der Waals surface area contributed by atoms with Crippen LogP contribution in [0.25, 0.3) is 10.9 Å². The Kier molecular flexibility index (Phi) is 3.90. The Labute approximate surface area is 132 Å². The fraction of sp³-hybridized carbons (Fsp3) is 0.235. The van der Waals surface area contributed by atoms with Crippen LogP contribution in [0.3, 0.4) is 0 Å². The summed E-state index contributed by atoms with van der Waals surface area (Å²) < 4.78 is 0. The summed E-state index contributed by atoms with van der Waals surface area (Å²) in [5.41, 5.74) is 3.34. The highest BCUT2D eigenvalue weighted by Gasteiger charge is 2.19. The monoisotopic (exact) mass is 311 g/mol. The normalized spacial score (nSPS) is 12.3. The molecular weight excluding hydrogens is 294 g/mol. The van der Waals surface area contributed by atoms with Crippen LogP contribution in [0.5, 0.6) is 0 Å². The number of nitrogens with one attached hydrogen (secondary N) is 1. The number of para-hydroxylation sites is 1. The van der Waals surface area contributed by atoms with Crippen molar-refractivity contribution in [2.45, 2.75) is 13.8 Å². The molecule has 1 aromatic carbocycles. The number of H-pyrrole nitrogens is 1. The standard InChI is InChI=1S/C17H17N3OS/c1-10(2)15(18-3)14-9-22-17(20-14)16(21)12-8-19-13-7-5-4-6-11(12)13/h4-10,19H,1-3H3. The van der Waals surface area contributed by atoms with Gasteiger partial charge in [-0.2, -0.15) is 0 Å². The van der Waals surface area contributed by atoms with Gasteiger partial charge in [-0.15, -0.1) is 11.3 Å². The van der Waals surface area contributed by atoms with E-state index < -0.39 is 0 Å². The van der Waals surface area contributed by atoms with Crippen LogP contribution in [0.2, 0.25) is 0 Å². The van der Waals surface area contributed by atoms with Gasteiger partial charge in [0.1, 0.15) is 0 Å². The van der Waals surface area contributed by atoms with Gasteiger partial charge in [0.2, 0.25) is 5.78 Å². The van der Waals surface area contributed by atoms with Gasteiger partial charge in [-0.05, 0) is 12.0 Å². The van der Waals surface area contributed by atoms with Crippen molar-refractivity contribution in [1.29, 1.82) is 0 Å². The molecule has 3 aromatic rings. The molecule has 5 heteroatoms. The maximum atomic E-state index is 12.7. The molecule has 0 radical (unpaired) electrons. The highest BCUT2D eigenvalue weighted by Crippen LogP contribution is 2.23. The number of ketones is 1. The molecule has 0 fully saturated rings. The Morgan fingerprint density at radius 3 is 2.82 bits per heavy atom. The van der Waals surface area contributed by atoms with Crippen molar-refractivity contribution in [3.63, 3.8) is 0 Å². The number of hydrogen-bond acceptors (Lipinski definition) is 4. The topological polar surface area (TPSA) is 58.1 Å². The van der Waals surface area contributed by atoms with Gasteiger partial charge >= 0.3 is 0 Å². The average Bonchev–Trinajstić information content (AvgIpc) is 3.14. The summed E-state index contributed by atoms with van der Waals surface area (Å²) in [6.07, 6.45) is 1.76. The molecule has 0 saturated heterocycles. The summed E-state index contributed by atoms with van der Waals surface area (Å²) in [4.78, 5) is 24.6. The third kappa shape index (κ3) is 2.48. The van der Waals surface area contributed by atoms with E-state index in [1.165, 1.54) is 11.3 Å². The number of benzene rings is 1. The molecule has 0 aliphatic carbocycles. The number of aromatic amines is 1. The molecule has 0 bridgehead atoms. The number of carbonyl (C=O) groups is 1. The van der Waals surface area contributed by atoms with E-state index in [0.29, 0.717) is 10.6 Å². The lowest BCUT2D eigenvalue weighted by atomic mass is 10.1. The maximum absolute atomic E-state index is 12.7. The van der Waals surface area contributed by atoms with Gasteiger partial charge in [-0.1, -0.05) is 32.0 Å². The van der Waals surface area contributed by atoms with Crippen LogP contribution in [0.4, 0.5) is 0 Å². The number of rotatable bonds is 4. The van der Waals surface area contributed by atoms with E-state index in [0.717, 1.165) is 22.3 Å². The molecular formula is C17H17N3OS. The van der Waals surface area contributed by atoms with Gasteiger partial charge < -0.3 is 4.98 Å². The van der Waals surface area contributed by atoms with Crippen molar-refractivity contribution in [2.75, 3.05) is 7.05 Å². The quantitative estimate of drug-likeness (QED) is 0.586. The molecule has 0 unspecified atom stereocenters. The van der Waals surface area contributed by atoms with Crippen molar-refractivity contribution < 1.29 is 4.79 Å². The predicted molar refractivity (Wildman–Crippen MR) is 91.1 cm³/mol. The molecule has 2 aromatic heterocycles. The number of aliphatic imine (C=N–C) groups is 1. The molecule has 0 aliphatic heterocycles. The summed E-state index contributed by atoms with van der Waals surface area (Å²) in [5.74, 6) is 0.232. The van der Waals surface area contributed by atoms with Crippen LogP contribution < -0.4 is 0 Å². The first-order valence-corrected chi connectivity index (χ1v) is 8.03. The van der Waals surface area contributed by atoms with Crippen LogP contribution >= 0.6 is 11.3 Å². The molecule has 0 aliphatic rings. The second-order valence-electron chi connectivity index (χ2n) is 5.38. The lowest BCUT2D eigenvalue weighted by Crippen LogP contribution is -2.10. The molecule has 0 amide bonds. The highest BCUT2D eigenvalue weighted by molar-refractivity contribution is 7.12. The molecule has 3 rings (SSSR count). The molecule has 0 atom stereocenters. The first kappa shape index (κ1) is 14.7. The minimum atomic E-state index is -0.0482. The van der Waals surface area contributed by atoms with Crippen molar-refractivity contribution in [1.82, 2.24) is 9.97 Å². The summed E-state index contributed by atoms with van der Waals surface area (Å²) in [7, 11) is 1.76. The average molecular weight is 311 g/mol. The molecule has 22 heavy (non-hydrogen) atoms. The first-order chi connectivity index (χ1) is 10.6. The van der Waals surface area contributed by atoms with Crippen LogP contribution in [0.1, 0.15) is 34.9 Å². The molecule has 0 spiro atoms. The minimum Gasteiger partial charge on any atom is -0.360 e. The Bertz CT molecular complexity index is 858. The molecule has 4 nitrogen and oxygen atoms in total. The number of aromatic nitrogens is 2. The zero-order valence-electron chi connectivity index (χ0n) is 12.8. The van der Waals surface area contributed by atoms with Crippen LogP contribution in [0.15, 0.2) is 40.8 Å². The Morgan fingerprint density at radius 1 is 1.32 bits per heavy atom. The Balaban J connectivity index is 1.98. The lowest BCUT2D eigenvalue weighted by molar-refractivity contribution is 0.104. The molecule has 112 valence electrons. The third-order valence-corrected chi connectivity index (χ3v) is 4.42. The van der Waals surface area contributed by atoms with Crippen LogP contribution in [0, 0.1) is 5.92 Å². The van der Waals surface area contributed by atoms with E-state index in [1.54, 1.807) is 13.2 Å². The van der Waals surface area contributed by atoms with Gasteiger partial charge in [0.15, 0.2) is 5.01 Å². The lowest BCUT2D eigenvalue weighted by Gasteiger charge is -2.05. The van der Waals surface area contributed by atoms with Crippen molar-refractivity contribution >= 4 is 33.7 Å². The van der Waals surface area contributed by atoms with Gasteiger partial charge in [0.25, 0.3) is 0 Å². The Morgan fingerprint density at radius 2 is 2.09 bits per heavy atom. The maximum Gasteiger partial charge on any atom is 0.223 e. The fourth-order valence-electron chi connectivity index (χ4n) is 2.54. The first-order valence-electron chi connectivity index (χ1n) is 7.15. The Hall–Kier alpha value is -2.27. The van der Waals surface area contributed by atoms with E-state index in [1.807, 2.05) is 29.6 Å². The van der Waals surface area contributed by atoms with E-state index in [-0.39, 0.29) is 11.7 Å². The summed E-state index contributed by atoms with van der Waals surface area (Å²) in [6.45, 7) is 4.14. The van der Waals surface area contributed by atoms with E-state index in [4.69, 9.17) is 0 Å². The van der Waals surface area contributed by atoms with Gasteiger partial charge in [-0.3, -0.25) is 9.79 Å². The molecule has 2 heterocycles. The van der Waals surface area contributed by atoms with Crippen LogP contribution in [-0.4, -0.2) is 28.5 Å². The summed E-state index contributed by atoms with van der Waals surface area (Å²) >= 11 is 1.37. The molecule has 0 saturated carbocycles. The van der Waals surface area contributed by atoms with E-state index in [2.05, 4.69) is 28.8 Å². The predicted octanol–water partition coefficient (Wildman–Crippen LogP) is 3.93. The molecule has 1 N–H and O–H groups in total. The smallest absolute Gasteiger partial charge is 0.223 e. The number of fused-ring (bicyclic) bond motifs is 1. The summed E-state index contributed by atoms with van der Waals surface area (Å²) in [6, 6.07) is 7.78. The minimum absolute atomic E-state index is 0.0482. The fourth-order valence-corrected chi connectivity index (χ4v) is 3.30. The van der Waals surface area contributed by atoms with E-state index in [9.17, 15) is 4.79 Å². The highest BCUT2D eigenvalue weighted by atomic mass is 32.1. The number of carbonyl (C=O) groups excluding carboxylic acids is 1. The largest absolute Gasteiger partial charge is 0.360 e. The van der Waals surface area contributed by atoms with Crippen LogP contribution in [-0.2, 0) is 0 Å². The van der Waals surface area contributed by atoms with Gasteiger partial charge in [0, 0.05) is 29.5 Å². The SMILES string of the molecule is CN=C(c1csc(C(=O)c2c[nH]c3ccccc23)n1)C(C)C.